The van der Waals surface area contributed by atoms with E-state index < -0.39 is 5.97 Å². The molecule has 0 aliphatic heterocycles. The van der Waals surface area contributed by atoms with Crippen LogP contribution in [0.1, 0.15) is 10.4 Å². The van der Waals surface area contributed by atoms with Gasteiger partial charge in [0.15, 0.2) is 0 Å². The molecule has 2 aromatic carbocycles. The van der Waals surface area contributed by atoms with Gasteiger partial charge < -0.3 is 16.2 Å². The highest BCUT2D eigenvalue weighted by atomic mass is 16.4. The van der Waals surface area contributed by atoms with Crippen LogP contribution in [-0.2, 0) is 11.3 Å². The van der Waals surface area contributed by atoms with E-state index in [1.54, 1.807) is 36.5 Å². The molecule has 7 nitrogen and oxygen atoms in total. The van der Waals surface area contributed by atoms with E-state index in [0.29, 0.717) is 5.69 Å². The Morgan fingerprint density at radius 3 is 2.78 bits per heavy atom. The Kier molecular flexibility index (Phi) is 3.68. The number of carboxylic acid groups (broad SMARTS) is 1. The molecule has 0 radical (unpaired) electrons. The lowest BCUT2D eigenvalue weighted by Gasteiger charge is -2.09. The first-order valence-corrected chi connectivity index (χ1v) is 6.88. The molecule has 3 aromatic rings. The lowest BCUT2D eigenvalue weighted by molar-refractivity contribution is -0.116. The van der Waals surface area contributed by atoms with E-state index in [1.807, 2.05) is 6.07 Å². The van der Waals surface area contributed by atoms with Gasteiger partial charge in [0.25, 0.3) is 0 Å². The van der Waals surface area contributed by atoms with Crippen molar-refractivity contribution in [2.75, 3.05) is 11.1 Å². The van der Waals surface area contributed by atoms with Crippen molar-refractivity contribution in [3.8, 4) is 0 Å². The van der Waals surface area contributed by atoms with Crippen LogP contribution < -0.4 is 11.1 Å². The van der Waals surface area contributed by atoms with Crippen LogP contribution in [0.3, 0.4) is 0 Å². The first-order chi connectivity index (χ1) is 11.0. The first kappa shape index (κ1) is 14.6. The van der Waals surface area contributed by atoms with Crippen LogP contribution in [0.5, 0.6) is 0 Å². The second kappa shape index (κ2) is 5.80. The van der Waals surface area contributed by atoms with Crippen LogP contribution in [0.15, 0.2) is 48.7 Å². The molecule has 0 aliphatic rings. The van der Waals surface area contributed by atoms with Gasteiger partial charge in [-0.2, -0.15) is 5.10 Å². The Labute approximate surface area is 131 Å². The fourth-order valence-corrected chi connectivity index (χ4v) is 2.32. The number of hydrogen-bond donors (Lipinski definition) is 3. The van der Waals surface area contributed by atoms with E-state index in [9.17, 15) is 9.59 Å². The number of anilines is 2. The SMILES string of the molecule is Nc1ccc2cnn(CC(=O)Nc3ccccc3C(=O)O)c2c1. The van der Waals surface area contributed by atoms with Crippen molar-refractivity contribution in [1.82, 2.24) is 9.78 Å². The highest BCUT2D eigenvalue weighted by Crippen LogP contribution is 2.18. The minimum absolute atomic E-state index is 0.0374. The largest absolute Gasteiger partial charge is 0.478 e. The Hall–Kier alpha value is -3.35. The number of aromatic carboxylic acids is 1. The summed E-state index contributed by atoms with van der Waals surface area (Å²) in [5.74, 6) is -1.47. The monoisotopic (exact) mass is 310 g/mol. The molecule has 0 atom stereocenters. The number of nitrogen functional groups attached to an aromatic ring is 1. The summed E-state index contributed by atoms with van der Waals surface area (Å²) in [5.41, 5.74) is 7.36. The van der Waals surface area contributed by atoms with Crippen molar-refractivity contribution in [2.45, 2.75) is 6.54 Å². The number of rotatable bonds is 4. The van der Waals surface area contributed by atoms with E-state index in [4.69, 9.17) is 10.8 Å². The van der Waals surface area contributed by atoms with Gasteiger partial charge in [0.1, 0.15) is 6.54 Å². The van der Waals surface area contributed by atoms with Gasteiger partial charge in [-0.25, -0.2) is 4.79 Å². The van der Waals surface area contributed by atoms with Crippen molar-refractivity contribution >= 4 is 34.2 Å². The summed E-state index contributed by atoms with van der Waals surface area (Å²) in [7, 11) is 0. The smallest absolute Gasteiger partial charge is 0.337 e. The number of hydrogen-bond acceptors (Lipinski definition) is 4. The number of nitrogens with one attached hydrogen (secondary N) is 1. The first-order valence-electron chi connectivity index (χ1n) is 6.88. The number of amides is 1. The van der Waals surface area contributed by atoms with Crippen molar-refractivity contribution < 1.29 is 14.7 Å². The van der Waals surface area contributed by atoms with Gasteiger partial charge in [-0.15, -0.1) is 0 Å². The fraction of sp³-hybridized carbons (Fsp3) is 0.0625. The van der Waals surface area contributed by atoms with Crippen molar-refractivity contribution in [3.05, 3.63) is 54.2 Å². The maximum absolute atomic E-state index is 12.2. The van der Waals surface area contributed by atoms with Crippen LogP contribution in [0, 0.1) is 0 Å². The predicted octanol–water partition coefficient (Wildman–Crippen LogP) is 1.96. The average Bonchev–Trinajstić information content (AvgIpc) is 2.90. The van der Waals surface area contributed by atoms with Gasteiger partial charge in [0, 0.05) is 11.1 Å². The summed E-state index contributed by atoms with van der Waals surface area (Å²) >= 11 is 0. The number of benzene rings is 2. The Morgan fingerprint density at radius 1 is 1.22 bits per heavy atom. The normalized spacial score (nSPS) is 10.6. The molecule has 0 unspecified atom stereocenters. The van der Waals surface area contributed by atoms with Crippen LogP contribution in [0.4, 0.5) is 11.4 Å². The minimum Gasteiger partial charge on any atom is -0.478 e. The lowest BCUT2D eigenvalue weighted by atomic mass is 10.2. The maximum atomic E-state index is 12.2. The third kappa shape index (κ3) is 2.98. The molecular weight excluding hydrogens is 296 g/mol. The molecule has 3 rings (SSSR count). The van der Waals surface area contributed by atoms with E-state index in [1.165, 1.54) is 10.7 Å². The van der Waals surface area contributed by atoms with Gasteiger partial charge in [0.05, 0.1) is 23.0 Å². The number of para-hydroxylation sites is 1. The third-order valence-corrected chi connectivity index (χ3v) is 3.39. The second-order valence-corrected chi connectivity index (χ2v) is 5.02. The standard InChI is InChI=1S/C16H14N4O3/c17-11-6-5-10-8-18-20(14(10)7-11)9-15(21)19-13-4-2-1-3-12(13)16(22)23/h1-8H,9,17H2,(H,19,21)(H,22,23). The van der Waals surface area contributed by atoms with Gasteiger partial charge in [0.2, 0.25) is 5.91 Å². The Bertz CT molecular complexity index is 901. The van der Waals surface area contributed by atoms with E-state index in [2.05, 4.69) is 10.4 Å². The molecule has 0 saturated carbocycles. The Morgan fingerprint density at radius 2 is 2.00 bits per heavy atom. The zero-order valence-corrected chi connectivity index (χ0v) is 12.1. The maximum Gasteiger partial charge on any atom is 0.337 e. The van der Waals surface area contributed by atoms with Crippen LogP contribution in [0.2, 0.25) is 0 Å². The topological polar surface area (TPSA) is 110 Å². The van der Waals surface area contributed by atoms with E-state index in [-0.39, 0.29) is 23.7 Å². The molecule has 1 amide bonds. The van der Waals surface area contributed by atoms with Gasteiger partial charge >= 0.3 is 5.97 Å². The molecular formula is C16H14N4O3. The number of carbonyl (C=O) groups is 2. The highest BCUT2D eigenvalue weighted by Gasteiger charge is 2.13. The summed E-state index contributed by atoms with van der Waals surface area (Å²) in [6.07, 6.45) is 1.65. The molecule has 0 spiro atoms. The molecule has 7 heteroatoms. The van der Waals surface area contributed by atoms with Gasteiger partial charge in [-0.3, -0.25) is 9.48 Å². The van der Waals surface area contributed by atoms with Crippen molar-refractivity contribution in [1.29, 1.82) is 0 Å². The Balaban J connectivity index is 1.82. The quantitative estimate of drug-likeness (QED) is 0.638. The number of carboxylic acids is 1. The van der Waals surface area contributed by atoms with Crippen LogP contribution >= 0.6 is 0 Å². The molecule has 0 fully saturated rings. The zero-order valence-electron chi connectivity index (χ0n) is 12.1. The number of fused-ring (bicyclic) bond motifs is 1. The number of carbonyl (C=O) groups excluding carboxylic acids is 1. The lowest BCUT2D eigenvalue weighted by Crippen LogP contribution is -2.20. The molecule has 0 aliphatic carbocycles. The van der Waals surface area contributed by atoms with Gasteiger partial charge in [-0.1, -0.05) is 12.1 Å². The number of aromatic nitrogens is 2. The third-order valence-electron chi connectivity index (χ3n) is 3.39. The summed E-state index contributed by atoms with van der Waals surface area (Å²) in [4.78, 5) is 23.3. The highest BCUT2D eigenvalue weighted by molar-refractivity contribution is 6.00. The predicted molar refractivity (Wildman–Crippen MR) is 86.2 cm³/mol. The molecule has 116 valence electrons. The number of nitrogens with zero attached hydrogens (tertiary/aromatic N) is 2. The fourth-order valence-electron chi connectivity index (χ4n) is 2.32. The molecule has 4 N–H and O–H groups in total. The van der Waals surface area contributed by atoms with Gasteiger partial charge in [-0.05, 0) is 30.3 Å². The van der Waals surface area contributed by atoms with Crippen molar-refractivity contribution in [3.63, 3.8) is 0 Å². The summed E-state index contributed by atoms with van der Waals surface area (Å²) in [5, 5.41) is 16.8. The molecule has 23 heavy (non-hydrogen) atoms. The minimum atomic E-state index is -1.10. The van der Waals surface area contributed by atoms with Crippen molar-refractivity contribution in [2.24, 2.45) is 0 Å². The summed E-state index contributed by atoms with van der Waals surface area (Å²) < 4.78 is 1.52. The molecule has 1 aromatic heterocycles. The van der Waals surface area contributed by atoms with Crippen LogP contribution in [0.25, 0.3) is 10.9 Å². The second-order valence-electron chi connectivity index (χ2n) is 5.02. The molecule has 0 bridgehead atoms. The summed E-state index contributed by atoms with van der Waals surface area (Å²) in [6, 6.07) is 11.6. The zero-order chi connectivity index (χ0) is 16.4. The van der Waals surface area contributed by atoms with E-state index in [0.717, 1.165) is 10.9 Å². The average molecular weight is 310 g/mol. The molecule has 0 saturated heterocycles. The molecule has 1 heterocycles. The van der Waals surface area contributed by atoms with E-state index >= 15 is 0 Å². The van der Waals surface area contributed by atoms with Crippen LogP contribution in [-0.4, -0.2) is 26.8 Å². The summed E-state index contributed by atoms with van der Waals surface area (Å²) in [6.45, 7) is -0.0408. The number of nitrogens with two attached hydrogens (primary N) is 1.